The van der Waals surface area contributed by atoms with Gasteiger partial charge in [-0.05, 0) is 43.1 Å². The molecule has 2 aromatic rings. The highest BCUT2D eigenvalue weighted by Gasteiger charge is 2.20. The predicted molar refractivity (Wildman–Crippen MR) is 89.8 cm³/mol. The van der Waals surface area contributed by atoms with Crippen molar-refractivity contribution >= 4 is 52.5 Å². The predicted octanol–water partition coefficient (Wildman–Crippen LogP) is 4.51. The summed E-state index contributed by atoms with van der Waals surface area (Å²) in [4.78, 5) is 11.7. The van der Waals surface area contributed by atoms with Crippen LogP contribution in [0.5, 0.6) is 0 Å². The van der Waals surface area contributed by atoms with E-state index in [4.69, 9.17) is 23.2 Å². The fourth-order valence-corrected chi connectivity index (χ4v) is 3.36. The molecule has 4 nitrogen and oxygen atoms in total. The van der Waals surface area contributed by atoms with Gasteiger partial charge in [-0.3, -0.25) is 9.71 Å². The Balaban J connectivity index is 2.01. The van der Waals surface area contributed by atoms with Crippen molar-refractivity contribution in [3.8, 4) is 0 Å². The molecule has 0 amide bonds. The maximum Gasteiger partial charge on any atom is 0.214 e. The lowest BCUT2D eigenvalue weighted by Gasteiger charge is -2.27. The van der Waals surface area contributed by atoms with Gasteiger partial charge in [-0.1, -0.05) is 23.2 Å². The Morgan fingerprint density at radius 1 is 1.33 bits per heavy atom. The number of nitrogens with one attached hydrogen (secondary N) is 1. The lowest BCUT2D eigenvalue weighted by Crippen LogP contribution is -2.39. The average Bonchev–Trinajstić information content (AvgIpc) is 2.48. The van der Waals surface area contributed by atoms with Crippen LogP contribution in [0.25, 0.3) is 0 Å². The molecule has 1 aliphatic heterocycles. The van der Waals surface area contributed by atoms with Gasteiger partial charge in [-0.2, -0.15) is 0 Å². The molecule has 21 heavy (non-hydrogen) atoms. The molecule has 108 valence electrons. The molecule has 0 bridgehead atoms. The number of hydrogen-bond donors (Lipinski definition) is 1. The molecule has 0 saturated heterocycles. The molecule has 3 rings (SSSR count). The van der Waals surface area contributed by atoms with Crippen LogP contribution in [0.1, 0.15) is 6.92 Å². The van der Waals surface area contributed by atoms with Crippen LogP contribution >= 0.6 is 35.1 Å². The van der Waals surface area contributed by atoms with Crippen molar-refractivity contribution < 1.29 is 0 Å². The smallest absolute Gasteiger partial charge is 0.214 e. The van der Waals surface area contributed by atoms with E-state index in [2.05, 4.69) is 21.6 Å². The normalized spacial score (nSPS) is 13.2. The number of benzene rings is 1. The lowest BCUT2D eigenvalue weighted by molar-refractivity contribution is 1.01. The standard InChI is InChI=1S/C14H12Cl2N4S/c1-2-20(10-4-3-5-17-8-10)14-18-12-7-9(15)6-11(16)13(12)21-19-14/h3-8H,2H2,1H3,(H,18,19). The van der Waals surface area contributed by atoms with Gasteiger partial charge in [0, 0.05) is 17.8 Å². The Bertz CT molecular complexity index is 691. The van der Waals surface area contributed by atoms with Crippen molar-refractivity contribution in [3.63, 3.8) is 0 Å². The molecule has 0 radical (unpaired) electrons. The van der Waals surface area contributed by atoms with E-state index >= 15 is 0 Å². The molecule has 0 spiro atoms. The van der Waals surface area contributed by atoms with Crippen LogP contribution in [0.3, 0.4) is 0 Å². The van der Waals surface area contributed by atoms with Gasteiger partial charge in [0.25, 0.3) is 0 Å². The molecule has 7 heteroatoms. The van der Waals surface area contributed by atoms with Crippen LogP contribution in [0.2, 0.25) is 10.0 Å². The Morgan fingerprint density at radius 2 is 2.19 bits per heavy atom. The number of hydrogen-bond acceptors (Lipinski definition) is 5. The Hall–Kier alpha value is -1.43. The lowest BCUT2D eigenvalue weighted by atomic mass is 10.3. The maximum atomic E-state index is 6.19. The van der Waals surface area contributed by atoms with Gasteiger partial charge in [0.1, 0.15) is 0 Å². The second-order valence-electron chi connectivity index (χ2n) is 4.33. The highest BCUT2D eigenvalue weighted by molar-refractivity contribution is 7.98. The molecular weight excluding hydrogens is 327 g/mol. The van der Waals surface area contributed by atoms with E-state index in [0.29, 0.717) is 10.0 Å². The van der Waals surface area contributed by atoms with Crippen LogP contribution in [-0.2, 0) is 0 Å². The van der Waals surface area contributed by atoms with Gasteiger partial charge in [0.05, 0.1) is 27.5 Å². The Kier molecular flexibility index (Phi) is 4.24. The van der Waals surface area contributed by atoms with Gasteiger partial charge in [0.15, 0.2) is 0 Å². The van der Waals surface area contributed by atoms with Crippen LogP contribution in [0.15, 0.2) is 46.5 Å². The number of pyridine rings is 1. The van der Waals surface area contributed by atoms with Crippen molar-refractivity contribution in [2.24, 2.45) is 4.99 Å². The summed E-state index contributed by atoms with van der Waals surface area (Å²) in [5, 5.41) is 1.18. The minimum Gasteiger partial charge on any atom is -0.310 e. The van der Waals surface area contributed by atoms with Crippen molar-refractivity contribution in [2.45, 2.75) is 11.8 Å². The van der Waals surface area contributed by atoms with E-state index < -0.39 is 0 Å². The van der Waals surface area contributed by atoms with Crippen LogP contribution in [-0.4, -0.2) is 17.5 Å². The van der Waals surface area contributed by atoms with Crippen LogP contribution < -0.4 is 9.62 Å². The fourth-order valence-electron chi connectivity index (χ4n) is 2.05. The van der Waals surface area contributed by atoms with E-state index in [9.17, 15) is 0 Å². The first-order chi connectivity index (χ1) is 10.2. The van der Waals surface area contributed by atoms with E-state index in [-0.39, 0.29) is 0 Å². The molecule has 0 aliphatic carbocycles. The van der Waals surface area contributed by atoms with Crippen LogP contribution in [0.4, 0.5) is 11.4 Å². The minimum absolute atomic E-state index is 0.578. The zero-order valence-corrected chi connectivity index (χ0v) is 13.5. The van der Waals surface area contributed by atoms with Gasteiger partial charge in [-0.25, -0.2) is 4.99 Å². The summed E-state index contributed by atoms with van der Waals surface area (Å²) in [6, 6.07) is 7.42. The van der Waals surface area contributed by atoms with Crippen molar-refractivity contribution in [1.29, 1.82) is 0 Å². The number of rotatable bonds is 2. The molecule has 0 saturated carbocycles. The third-order valence-electron chi connectivity index (χ3n) is 2.99. The first-order valence-electron chi connectivity index (χ1n) is 6.37. The van der Waals surface area contributed by atoms with E-state index in [1.807, 2.05) is 23.1 Å². The number of anilines is 1. The van der Waals surface area contributed by atoms with E-state index in [1.54, 1.807) is 18.5 Å². The Morgan fingerprint density at radius 3 is 2.90 bits per heavy atom. The van der Waals surface area contributed by atoms with Crippen molar-refractivity contribution in [2.75, 3.05) is 11.4 Å². The SMILES string of the molecule is CCN(C1=Nc2cc(Cl)cc(Cl)c2SN1)c1cccnc1. The van der Waals surface area contributed by atoms with Crippen molar-refractivity contribution in [3.05, 3.63) is 46.7 Å². The van der Waals surface area contributed by atoms with Gasteiger partial charge in [-0.15, -0.1) is 0 Å². The van der Waals surface area contributed by atoms with Gasteiger partial charge in [0.2, 0.25) is 5.96 Å². The third-order valence-corrected chi connectivity index (χ3v) is 4.54. The van der Waals surface area contributed by atoms with Gasteiger partial charge >= 0.3 is 0 Å². The third kappa shape index (κ3) is 2.95. The second kappa shape index (κ2) is 6.13. The molecule has 1 N–H and O–H groups in total. The highest BCUT2D eigenvalue weighted by Crippen LogP contribution is 2.40. The number of halogens is 2. The molecular formula is C14H12Cl2N4S. The summed E-state index contributed by atoms with van der Waals surface area (Å²) >= 11 is 13.7. The van der Waals surface area contributed by atoms with Crippen molar-refractivity contribution in [1.82, 2.24) is 9.71 Å². The molecule has 1 aliphatic rings. The molecule has 0 atom stereocenters. The zero-order chi connectivity index (χ0) is 14.8. The monoisotopic (exact) mass is 338 g/mol. The number of guanidine groups is 1. The summed E-state index contributed by atoms with van der Waals surface area (Å²) in [6.07, 6.45) is 3.55. The summed E-state index contributed by atoms with van der Waals surface area (Å²) in [6.45, 7) is 2.82. The highest BCUT2D eigenvalue weighted by atomic mass is 35.5. The molecule has 0 unspecified atom stereocenters. The summed E-state index contributed by atoms with van der Waals surface area (Å²) in [5.74, 6) is 0.737. The summed E-state index contributed by atoms with van der Waals surface area (Å²) in [7, 11) is 0. The zero-order valence-electron chi connectivity index (χ0n) is 11.2. The minimum atomic E-state index is 0.578. The topological polar surface area (TPSA) is 40.5 Å². The summed E-state index contributed by atoms with van der Waals surface area (Å²) < 4.78 is 3.22. The molecule has 2 heterocycles. The fraction of sp³-hybridized carbons (Fsp3) is 0.143. The second-order valence-corrected chi connectivity index (χ2v) is 5.99. The molecule has 1 aromatic heterocycles. The molecule has 0 fully saturated rings. The number of fused-ring (bicyclic) bond motifs is 1. The van der Waals surface area contributed by atoms with E-state index in [1.165, 1.54) is 11.9 Å². The largest absolute Gasteiger partial charge is 0.310 e. The van der Waals surface area contributed by atoms with E-state index in [0.717, 1.165) is 28.8 Å². The molecule has 1 aromatic carbocycles. The maximum absolute atomic E-state index is 6.19. The number of nitrogens with zero attached hydrogens (tertiary/aromatic N) is 3. The number of aliphatic imine (C=N–C) groups is 1. The Labute approximate surface area is 137 Å². The first kappa shape index (κ1) is 14.5. The number of aromatic nitrogens is 1. The summed E-state index contributed by atoms with van der Waals surface area (Å²) in [5.41, 5.74) is 1.75. The van der Waals surface area contributed by atoms with Gasteiger partial charge < -0.3 is 4.90 Å². The first-order valence-corrected chi connectivity index (χ1v) is 7.94. The quantitative estimate of drug-likeness (QED) is 0.817. The van der Waals surface area contributed by atoms with Crippen LogP contribution in [0, 0.1) is 0 Å². The average molecular weight is 339 g/mol.